The highest BCUT2D eigenvalue weighted by molar-refractivity contribution is 7.85. The number of nitrogens with two attached hydrogens (primary N) is 1. The molecule has 5 heteroatoms. The Balaban J connectivity index is 2.27. The zero-order valence-corrected chi connectivity index (χ0v) is 12.3. The molecule has 2 rings (SSSR count). The molecule has 1 aromatic rings. The summed E-state index contributed by atoms with van der Waals surface area (Å²) in [4.78, 5) is 14.3. The molecule has 2 N–H and O–H groups in total. The van der Waals surface area contributed by atoms with Crippen LogP contribution in [-0.4, -0.2) is 46.2 Å². The number of carbonyl (C=O) groups is 1. The van der Waals surface area contributed by atoms with Gasteiger partial charge in [-0.15, -0.1) is 0 Å². The Morgan fingerprint density at radius 1 is 1.40 bits per heavy atom. The van der Waals surface area contributed by atoms with Crippen LogP contribution in [0.3, 0.4) is 0 Å². The highest BCUT2D eigenvalue weighted by Gasteiger charge is 2.22. The van der Waals surface area contributed by atoms with Crippen LogP contribution in [0, 0.1) is 18.8 Å². The summed E-state index contributed by atoms with van der Waals surface area (Å²) < 4.78 is 11.4. The third-order valence-electron chi connectivity index (χ3n) is 3.20. The zero-order valence-electron chi connectivity index (χ0n) is 11.5. The largest absolute Gasteiger partial charge is 0.337 e. The van der Waals surface area contributed by atoms with Gasteiger partial charge in [-0.1, -0.05) is 17.9 Å². The van der Waals surface area contributed by atoms with E-state index in [4.69, 9.17) is 5.73 Å². The van der Waals surface area contributed by atoms with Gasteiger partial charge in [0.25, 0.3) is 5.91 Å². The fraction of sp³-hybridized carbons (Fsp3) is 0.400. The van der Waals surface area contributed by atoms with Gasteiger partial charge in [-0.05, 0) is 24.6 Å². The molecule has 0 spiro atoms. The maximum atomic E-state index is 12.5. The Bertz CT molecular complexity index is 592. The van der Waals surface area contributed by atoms with E-state index in [1.165, 1.54) is 0 Å². The van der Waals surface area contributed by atoms with Crippen LogP contribution in [0.4, 0.5) is 0 Å². The lowest BCUT2D eigenvalue weighted by Crippen LogP contribution is -2.42. The van der Waals surface area contributed by atoms with Crippen LogP contribution in [0.5, 0.6) is 0 Å². The van der Waals surface area contributed by atoms with Gasteiger partial charge in [-0.3, -0.25) is 9.00 Å². The number of amides is 1. The smallest absolute Gasteiger partial charge is 0.255 e. The molecule has 0 radical (unpaired) electrons. The standard InChI is InChI=1S/C15H18N2O2S/c1-12-4-5-14(13(11-12)3-2-6-16)15(18)17-7-9-20(19)10-8-17/h4-5,11H,6-10,16H2,1H3. The predicted molar refractivity (Wildman–Crippen MR) is 80.9 cm³/mol. The SMILES string of the molecule is Cc1ccc(C(=O)N2CCS(=O)CC2)c(C#CCN)c1. The van der Waals surface area contributed by atoms with E-state index >= 15 is 0 Å². The summed E-state index contributed by atoms with van der Waals surface area (Å²) in [6.07, 6.45) is 0. The van der Waals surface area contributed by atoms with Gasteiger partial charge < -0.3 is 10.6 Å². The van der Waals surface area contributed by atoms with Gasteiger partial charge >= 0.3 is 0 Å². The molecular formula is C15H18N2O2S. The van der Waals surface area contributed by atoms with Crippen LogP contribution in [0.2, 0.25) is 0 Å². The van der Waals surface area contributed by atoms with Gasteiger partial charge in [0.15, 0.2) is 0 Å². The molecule has 1 saturated heterocycles. The Morgan fingerprint density at radius 3 is 2.75 bits per heavy atom. The summed E-state index contributed by atoms with van der Waals surface area (Å²) in [5.74, 6) is 6.83. The Kier molecular flexibility index (Phi) is 4.94. The number of nitrogens with zero attached hydrogens (tertiary/aromatic N) is 1. The molecule has 1 aliphatic heterocycles. The molecule has 0 aromatic heterocycles. The third kappa shape index (κ3) is 3.47. The second kappa shape index (κ2) is 6.69. The maximum Gasteiger partial charge on any atom is 0.255 e. The maximum absolute atomic E-state index is 12.5. The van der Waals surface area contributed by atoms with Crippen LogP contribution >= 0.6 is 0 Å². The van der Waals surface area contributed by atoms with Gasteiger partial charge in [0.05, 0.1) is 12.1 Å². The predicted octanol–water partition coefficient (Wildman–Crippen LogP) is 0.510. The molecule has 0 aliphatic carbocycles. The van der Waals surface area contributed by atoms with Gasteiger partial charge in [-0.25, -0.2) is 0 Å². The Morgan fingerprint density at radius 2 is 2.10 bits per heavy atom. The molecule has 0 unspecified atom stereocenters. The van der Waals surface area contributed by atoms with Crippen LogP contribution < -0.4 is 5.73 Å². The summed E-state index contributed by atoms with van der Waals surface area (Å²) in [6.45, 7) is 3.32. The van der Waals surface area contributed by atoms with E-state index in [1.807, 2.05) is 25.1 Å². The van der Waals surface area contributed by atoms with E-state index in [1.54, 1.807) is 4.90 Å². The lowest BCUT2D eigenvalue weighted by Gasteiger charge is -2.26. The molecular weight excluding hydrogens is 272 g/mol. The molecule has 1 aromatic carbocycles. The van der Waals surface area contributed by atoms with Crippen molar-refractivity contribution in [2.45, 2.75) is 6.92 Å². The van der Waals surface area contributed by atoms with Crippen molar-refractivity contribution in [2.24, 2.45) is 5.73 Å². The highest BCUT2D eigenvalue weighted by atomic mass is 32.2. The van der Waals surface area contributed by atoms with E-state index in [2.05, 4.69) is 11.8 Å². The summed E-state index contributed by atoms with van der Waals surface area (Å²) in [6, 6.07) is 5.62. The Labute approximate surface area is 121 Å². The first-order chi connectivity index (χ1) is 9.61. The minimum absolute atomic E-state index is 0.0389. The quantitative estimate of drug-likeness (QED) is 0.767. The molecule has 106 valence electrons. The number of benzene rings is 1. The van der Waals surface area contributed by atoms with Gasteiger partial charge in [0.2, 0.25) is 0 Å². The lowest BCUT2D eigenvalue weighted by atomic mass is 10.0. The number of rotatable bonds is 1. The van der Waals surface area contributed by atoms with Gasteiger partial charge in [-0.2, -0.15) is 0 Å². The van der Waals surface area contributed by atoms with E-state index in [0.717, 1.165) is 5.56 Å². The Hall–Kier alpha value is -1.64. The second-order valence-electron chi connectivity index (χ2n) is 4.70. The minimum Gasteiger partial charge on any atom is -0.337 e. The van der Waals surface area contributed by atoms with Gasteiger partial charge in [0, 0.05) is 41.0 Å². The monoisotopic (exact) mass is 290 g/mol. The molecule has 1 fully saturated rings. The number of hydrogen-bond acceptors (Lipinski definition) is 3. The van der Waals surface area contributed by atoms with Crippen LogP contribution in [-0.2, 0) is 10.8 Å². The van der Waals surface area contributed by atoms with E-state index < -0.39 is 10.8 Å². The first kappa shape index (κ1) is 14.8. The van der Waals surface area contributed by atoms with Crippen molar-refractivity contribution < 1.29 is 9.00 Å². The molecule has 1 amide bonds. The van der Waals surface area contributed by atoms with Crippen molar-refractivity contribution in [2.75, 3.05) is 31.1 Å². The summed E-state index contributed by atoms with van der Waals surface area (Å²) in [7, 11) is -0.786. The second-order valence-corrected chi connectivity index (χ2v) is 6.39. The fourth-order valence-corrected chi connectivity index (χ4v) is 3.16. The van der Waals surface area contributed by atoms with E-state index in [-0.39, 0.29) is 12.5 Å². The van der Waals surface area contributed by atoms with Crippen molar-refractivity contribution in [1.29, 1.82) is 0 Å². The molecule has 1 aliphatic rings. The minimum atomic E-state index is -0.786. The van der Waals surface area contributed by atoms with Crippen molar-refractivity contribution in [3.63, 3.8) is 0 Å². The molecule has 4 nitrogen and oxygen atoms in total. The van der Waals surface area contributed by atoms with E-state index in [0.29, 0.717) is 35.7 Å². The summed E-state index contributed by atoms with van der Waals surface area (Å²) in [5, 5.41) is 0. The first-order valence-electron chi connectivity index (χ1n) is 6.55. The third-order valence-corrected chi connectivity index (χ3v) is 4.47. The van der Waals surface area contributed by atoms with E-state index in [9.17, 15) is 9.00 Å². The normalized spacial score (nSPS) is 15.6. The lowest BCUT2D eigenvalue weighted by molar-refractivity contribution is 0.0771. The van der Waals surface area contributed by atoms with Crippen LogP contribution in [0.15, 0.2) is 18.2 Å². The number of hydrogen-bond donors (Lipinski definition) is 1. The van der Waals surface area contributed by atoms with Crippen molar-refractivity contribution in [1.82, 2.24) is 4.90 Å². The first-order valence-corrected chi connectivity index (χ1v) is 8.04. The zero-order chi connectivity index (χ0) is 14.5. The van der Waals surface area contributed by atoms with Gasteiger partial charge in [0.1, 0.15) is 0 Å². The van der Waals surface area contributed by atoms with Crippen molar-refractivity contribution in [3.8, 4) is 11.8 Å². The van der Waals surface area contributed by atoms with Crippen LogP contribution in [0.25, 0.3) is 0 Å². The fourth-order valence-electron chi connectivity index (χ4n) is 2.11. The summed E-state index contributed by atoms with van der Waals surface area (Å²) in [5.41, 5.74) is 7.77. The van der Waals surface area contributed by atoms with Crippen molar-refractivity contribution in [3.05, 3.63) is 34.9 Å². The molecule has 0 bridgehead atoms. The van der Waals surface area contributed by atoms with Crippen LogP contribution in [0.1, 0.15) is 21.5 Å². The molecule has 0 atom stereocenters. The topological polar surface area (TPSA) is 63.4 Å². The average molecular weight is 290 g/mol. The number of carbonyl (C=O) groups excluding carboxylic acids is 1. The summed E-state index contributed by atoms with van der Waals surface area (Å²) >= 11 is 0. The average Bonchev–Trinajstić information content (AvgIpc) is 2.45. The molecule has 1 heterocycles. The molecule has 0 saturated carbocycles. The highest BCUT2D eigenvalue weighted by Crippen LogP contribution is 2.15. The molecule has 20 heavy (non-hydrogen) atoms. The van der Waals surface area contributed by atoms with Crippen molar-refractivity contribution >= 4 is 16.7 Å². The number of aryl methyl sites for hydroxylation is 1.